The Morgan fingerprint density at radius 3 is 2.88 bits per heavy atom. The molecule has 0 radical (unpaired) electrons. The Bertz CT molecular complexity index is 572. The second-order valence-electron chi connectivity index (χ2n) is 6.51. The molecule has 0 bridgehead atoms. The smallest absolute Gasteiger partial charge is 0.193 e. The number of rotatable bonds is 5. The minimum Gasteiger partial charge on any atom is -0.379 e. The van der Waals surface area contributed by atoms with Gasteiger partial charge in [0.2, 0.25) is 0 Å². The van der Waals surface area contributed by atoms with Crippen molar-refractivity contribution in [1.29, 1.82) is 0 Å². The number of ether oxygens (including phenoxy) is 1. The molecular formula is C18H29IN4OS. The van der Waals surface area contributed by atoms with Crippen molar-refractivity contribution in [3.63, 3.8) is 0 Å². The molecular weight excluding hydrogens is 447 g/mol. The van der Waals surface area contributed by atoms with Crippen LogP contribution >= 0.6 is 35.7 Å². The Morgan fingerprint density at radius 1 is 1.40 bits per heavy atom. The van der Waals surface area contributed by atoms with Crippen LogP contribution in [0.2, 0.25) is 0 Å². The maximum absolute atomic E-state index is 6.15. The molecule has 0 saturated carbocycles. The summed E-state index contributed by atoms with van der Waals surface area (Å²) in [6.45, 7) is 6.57. The third-order valence-electron chi connectivity index (χ3n) is 4.92. The molecule has 2 aliphatic rings. The lowest BCUT2D eigenvalue weighted by Crippen LogP contribution is -2.56. The number of aryl methyl sites for hydroxylation is 1. The first-order valence-electron chi connectivity index (χ1n) is 8.78. The van der Waals surface area contributed by atoms with E-state index in [4.69, 9.17) is 15.5 Å². The van der Waals surface area contributed by atoms with E-state index in [1.165, 1.54) is 17.7 Å². The van der Waals surface area contributed by atoms with Gasteiger partial charge in [0.15, 0.2) is 5.96 Å². The predicted molar refractivity (Wildman–Crippen MR) is 118 cm³/mol. The van der Waals surface area contributed by atoms with Gasteiger partial charge in [0.05, 0.1) is 25.3 Å². The number of thioether (sulfide) groups is 1. The third-order valence-corrected chi connectivity index (χ3v) is 6.15. The standard InChI is InChI=1S/C18H28N4OS.HI/c1-2-15-4-3-5-16(12-15)21-17(19)20-13-18(6-11-24-14-18)22-7-9-23-10-8-22;/h3-5,12H,2,6-11,13-14H2,1H3,(H3,19,20,21);1H. The van der Waals surface area contributed by atoms with Crippen LogP contribution in [-0.4, -0.2) is 60.8 Å². The van der Waals surface area contributed by atoms with E-state index in [0.29, 0.717) is 5.96 Å². The molecule has 7 heteroatoms. The van der Waals surface area contributed by atoms with Gasteiger partial charge >= 0.3 is 0 Å². The van der Waals surface area contributed by atoms with Crippen LogP contribution in [0.3, 0.4) is 0 Å². The van der Waals surface area contributed by atoms with Gasteiger partial charge < -0.3 is 15.8 Å². The van der Waals surface area contributed by atoms with Crippen LogP contribution in [0.25, 0.3) is 0 Å². The van der Waals surface area contributed by atoms with E-state index in [1.807, 2.05) is 17.8 Å². The SMILES string of the molecule is CCc1cccc(NC(N)=NCC2(N3CCOCC3)CCSC2)c1.I. The lowest BCUT2D eigenvalue weighted by atomic mass is 9.96. The molecule has 0 amide bonds. The Kier molecular flexibility index (Phi) is 8.31. The van der Waals surface area contributed by atoms with Crippen molar-refractivity contribution in [1.82, 2.24) is 4.90 Å². The summed E-state index contributed by atoms with van der Waals surface area (Å²) in [4.78, 5) is 7.25. The fourth-order valence-electron chi connectivity index (χ4n) is 3.40. The number of nitrogens with one attached hydrogen (secondary N) is 1. The van der Waals surface area contributed by atoms with Gasteiger partial charge in [-0.25, -0.2) is 0 Å². The molecule has 5 nitrogen and oxygen atoms in total. The van der Waals surface area contributed by atoms with Crippen LogP contribution in [0, 0.1) is 0 Å². The molecule has 140 valence electrons. The van der Waals surface area contributed by atoms with Crippen LogP contribution in [0.1, 0.15) is 18.9 Å². The van der Waals surface area contributed by atoms with Crippen molar-refractivity contribution in [3.05, 3.63) is 29.8 Å². The number of benzene rings is 1. The number of nitrogens with zero attached hydrogens (tertiary/aromatic N) is 2. The summed E-state index contributed by atoms with van der Waals surface area (Å²) in [5, 5.41) is 3.24. The zero-order valence-corrected chi connectivity index (χ0v) is 18.0. The van der Waals surface area contributed by atoms with Crippen molar-refractivity contribution in [3.8, 4) is 0 Å². The van der Waals surface area contributed by atoms with Crippen LogP contribution in [0.4, 0.5) is 5.69 Å². The van der Waals surface area contributed by atoms with Gasteiger partial charge in [-0.2, -0.15) is 11.8 Å². The predicted octanol–water partition coefficient (Wildman–Crippen LogP) is 2.80. The molecule has 1 aromatic rings. The summed E-state index contributed by atoms with van der Waals surface area (Å²) in [6.07, 6.45) is 2.20. The minimum atomic E-state index is 0. The fraction of sp³-hybridized carbons (Fsp3) is 0.611. The molecule has 3 N–H and O–H groups in total. The molecule has 1 unspecified atom stereocenters. The number of anilines is 1. The molecule has 2 heterocycles. The summed E-state index contributed by atoms with van der Waals surface area (Å²) >= 11 is 2.02. The summed E-state index contributed by atoms with van der Waals surface area (Å²) < 4.78 is 5.51. The zero-order valence-electron chi connectivity index (χ0n) is 14.9. The third kappa shape index (κ3) is 5.48. The van der Waals surface area contributed by atoms with Gasteiger partial charge in [-0.1, -0.05) is 19.1 Å². The van der Waals surface area contributed by atoms with Gasteiger partial charge in [-0.3, -0.25) is 9.89 Å². The van der Waals surface area contributed by atoms with Gasteiger partial charge in [-0.05, 0) is 36.3 Å². The normalized spacial score (nSPS) is 24.8. The highest BCUT2D eigenvalue weighted by Crippen LogP contribution is 2.34. The number of hydrogen-bond donors (Lipinski definition) is 2. The average Bonchev–Trinajstić information content (AvgIpc) is 3.11. The highest BCUT2D eigenvalue weighted by Gasteiger charge is 2.40. The van der Waals surface area contributed by atoms with E-state index < -0.39 is 0 Å². The zero-order chi connectivity index (χ0) is 16.8. The number of halogens is 1. The number of morpholine rings is 1. The fourth-order valence-corrected chi connectivity index (χ4v) is 4.86. The first kappa shape index (κ1) is 20.8. The molecule has 2 aliphatic heterocycles. The van der Waals surface area contributed by atoms with Crippen molar-refractivity contribution in [2.45, 2.75) is 25.3 Å². The van der Waals surface area contributed by atoms with E-state index in [9.17, 15) is 0 Å². The topological polar surface area (TPSA) is 62.9 Å². The Labute approximate surface area is 172 Å². The van der Waals surface area contributed by atoms with Crippen molar-refractivity contribution < 1.29 is 4.74 Å². The van der Waals surface area contributed by atoms with E-state index in [2.05, 4.69) is 35.3 Å². The minimum absolute atomic E-state index is 0. The Hall–Kier alpha value is -0.510. The highest BCUT2D eigenvalue weighted by molar-refractivity contribution is 14.0. The van der Waals surface area contributed by atoms with Crippen LogP contribution in [0.5, 0.6) is 0 Å². The van der Waals surface area contributed by atoms with Gasteiger partial charge in [0.1, 0.15) is 0 Å². The maximum atomic E-state index is 6.15. The number of aliphatic imine (C=N–C) groups is 1. The van der Waals surface area contributed by atoms with E-state index in [0.717, 1.165) is 50.7 Å². The molecule has 0 aliphatic carbocycles. The van der Waals surface area contributed by atoms with Crippen molar-refractivity contribution in [2.24, 2.45) is 10.7 Å². The van der Waals surface area contributed by atoms with Crippen LogP contribution in [-0.2, 0) is 11.2 Å². The summed E-state index contributed by atoms with van der Waals surface area (Å²) in [6, 6.07) is 8.34. The largest absolute Gasteiger partial charge is 0.379 e. The van der Waals surface area contributed by atoms with Gasteiger partial charge in [0.25, 0.3) is 0 Å². The molecule has 0 aromatic heterocycles. The first-order valence-corrected chi connectivity index (χ1v) is 9.94. The van der Waals surface area contributed by atoms with Gasteiger partial charge in [-0.15, -0.1) is 24.0 Å². The summed E-state index contributed by atoms with van der Waals surface area (Å²) in [5.74, 6) is 2.85. The van der Waals surface area contributed by atoms with E-state index in [-0.39, 0.29) is 29.5 Å². The summed E-state index contributed by atoms with van der Waals surface area (Å²) in [7, 11) is 0. The second kappa shape index (κ2) is 9.99. The van der Waals surface area contributed by atoms with Crippen molar-refractivity contribution in [2.75, 3.05) is 49.7 Å². The Balaban J connectivity index is 0.00000225. The molecule has 1 atom stereocenters. The highest BCUT2D eigenvalue weighted by atomic mass is 127. The summed E-state index contributed by atoms with van der Waals surface area (Å²) in [5.41, 5.74) is 8.60. The van der Waals surface area contributed by atoms with Crippen LogP contribution < -0.4 is 11.1 Å². The number of guanidine groups is 1. The molecule has 1 aromatic carbocycles. The first-order chi connectivity index (χ1) is 11.7. The maximum Gasteiger partial charge on any atom is 0.193 e. The average molecular weight is 476 g/mol. The molecule has 2 fully saturated rings. The quantitative estimate of drug-likeness (QED) is 0.389. The second-order valence-corrected chi connectivity index (χ2v) is 7.61. The Morgan fingerprint density at radius 2 is 2.20 bits per heavy atom. The van der Waals surface area contributed by atoms with Crippen molar-refractivity contribution >= 4 is 47.4 Å². The monoisotopic (exact) mass is 476 g/mol. The molecule has 3 rings (SSSR count). The van der Waals surface area contributed by atoms with Gasteiger partial charge in [0, 0.05) is 24.5 Å². The molecule has 25 heavy (non-hydrogen) atoms. The van der Waals surface area contributed by atoms with E-state index in [1.54, 1.807) is 0 Å². The lowest BCUT2D eigenvalue weighted by Gasteiger charge is -2.42. The molecule has 0 spiro atoms. The molecule has 2 saturated heterocycles. The lowest BCUT2D eigenvalue weighted by molar-refractivity contribution is -0.0104. The number of hydrogen-bond acceptors (Lipinski definition) is 4. The van der Waals surface area contributed by atoms with Crippen LogP contribution in [0.15, 0.2) is 29.3 Å². The number of nitrogens with two attached hydrogens (primary N) is 1. The van der Waals surface area contributed by atoms with E-state index >= 15 is 0 Å².